The average Bonchev–Trinajstić information content (AvgIpc) is 2.52. The largest absolute Gasteiger partial charge is 0.498 e. The summed E-state index contributed by atoms with van der Waals surface area (Å²) in [6.07, 6.45) is 1.40. The summed E-state index contributed by atoms with van der Waals surface area (Å²) >= 11 is 0. The maximum Gasteiger partial charge on any atom is 0.122 e. The highest BCUT2D eigenvalue weighted by molar-refractivity contribution is 5.46. The Balaban J connectivity index is 1.93. The molecule has 0 atom stereocenters. The molecular formula is C17H18N2O2. The predicted molar refractivity (Wildman–Crippen MR) is 83.4 cm³/mol. The maximum atomic E-state index is 5.50. The van der Waals surface area contributed by atoms with Gasteiger partial charge in [0.2, 0.25) is 0 Å². The SMILES string of the molecule is C=COCCOc1ccc(N=Nc2ccccc2C)cc1. The van der Waals surface area contributed by atoms with Crippen molar-refractivity contribution in [1.82, 2.24) is 0 Å². The topological polar surface area (TPSA) is 43.2 Å². The highest BCUT2D eigenvalue weighted by atomic mass is 16.5. The van der Waals surface area contributed by atoms with Crippen LogP contribution in [0.25, 0.3) is 0 Å². The van der Waals surface area contributed by atoms with E-state index in [-0.39, 0.29) is 0 Å². The van der Waals surface area contributed by atoms with Gasteiger partial charge < -0.3 is 9.47 Å². The van der Waals surface area contributed by atoms with E-state index in [0.29, 0.717) is 13.2 Å². The fourth-order valence-electron chi connectivity index (χ4n) is 1.69. The van der Waals surface area contributed by atoms with Gasteiger partial charge in [0, 0.05) is 0 Å². The van der Waals surface area contributed by atoms with Crippen molar-refractivity contribution in [1.29, 1.82) is 0 Å². The molecule has 0 radical (unpaired) electrons. The van der Waals surface area contributed by atoms with Crippen LogP contribution < -0.4 is 4.74 Å². The zero-order valence-electron chi connectivity index (χ0n) is 12.0. The lowest BCUT2D eigenvalue weighted by Crippen LogP contribution is -2.03. The van der Waals surface area contributed by atoms with Crippen LogP contribution in [0.5, 0.6) is 5.75 Å². The van der Waals surface area contributed by atoms with Crippen molar-refractivity contribution in [3.05, 3.63) is 66.9 Å². The van der Waals surface area contributed by atoms with E-state index >= 15 is 0 Å². The van der Waals surface area contributed by atoms with Crippen LogP contribution in [-0.4, -0.2) is 13.2 Å². The molecule has 0 amide bonds. The molecule has 0 aliphatic heterocycles. The molecule has 0 N–H and O–H groups in total. The van der Waals surface area contributed by atoms with Gasteiger partial charge in [-0.05, 0) is 42.8 Å². The summed E-state index contributed by atoms with van der Waals surface area (Å²) in [6.45, 7) is 6.44. The predicted octanol–water partition coefficient (Wildman–Crippen LogP) is 4.95. The molecule has 21 heavy (non-hydrogen) atoms. The number of hydrogen-bond acceptors (Lipinski definition) is 4. The van der Waals surface area contributed by atoms with Gasteiger partial charge in [0.25, 0.3) is 0 Å². The van der Waals surface area contributed by atoms with E-state index in [1.54, 1.807) is 0 Å². The molecule has 0 aliphatic carbocycles. The van der Waals surface area contributed by atoms with Gasteiger partial charge in [-0.1, -0.05) is 24.8 Å². The Labute approximate surface area is 124 Å². The molecule has 0 heterocycles. The first-order valence-electron chi connectivity index (χ1n) is 6.72. The summed E-state index contributed by atoms with van der Waals surface area (Å²) in [4.78, 5) is 0. The smallest absolute Gasteiger partial charge is 0.122 e. The van der Waals surface area contributed by atoms with Crippen molar-refractivity contribution >= 4 is 11.4 Å². The molecule has 4 heteroatoms. The molecule has 2 aromatic carbocycles. The molecule has 0 spiro atoms. The Morgan fingerprint density at radius 2 is 1.76 bits per heavy atom. The molecule has 4 nitrogen and oxygen atoms in total. The van der Waals surface area contributed by atoms with Gasteiger partial charge in [-0.2, -0.15) is 10.2 Å². The van der Waals surface area contributed by atoms with Crippen molar-refractivity contribution in [2.45, 2.75) is 6.92 Å². The van der Waals surface area contributed by atoms with Gasteiger partial charge >= 0.3 is 0 Å². The second-order valence-corrected chi connectivity index (χ2v) is 4.37. The lowest BCUT2D eigenvalue weighted by atomic mass is 10.2. The first-order valence-corrected chi connectivity index (χ1v) is 6.72. The van der Waals surface area contributed by atoms with E-state index in [2.05, 4.69) is 16.8 Å². The van der Waals surface area contributed by atoms with E-state index in [0.717, 1.165) is 22.7 Å². The molecule has 0 saturated heterocycles. The molecule has 2 aromatic rings. The fraction of sp³-hybridized carbons (Fsp3) is 0.176. The first kappa shape index (κ1) is 14.8. The third-order valence-electron chi connectivity index (χ3n) is 2.81. The number of aryl methyl sites for hydroxylation is 1. The van der Waals surface area contributed by atoms with Crippen molar-refractivity contribution < 1.29 is 9.47 Å². The lowest BCUT2D eigenvalue weighted by Gasteiger charge is -2.05. The van der Waals surface area contributed by atoms with E-state index < -0.39 is 0 Å². The minimum absolute atomic E-state index is 0.482. The van der Waals surface area contributed by atoms with Crippen LogP contribution in [0.2, 0.25) is 0 Å². The minimum Gasteiger partial charge on any atom is -0.498 e. The van der Waals surface area contributed by atoms with E-state index in [1.807, 2.05) is 55.5 Å². The van der Waals surface area contributed by atoms with Crippen LogP contribution in [0.4, 0.5) is 11.4 Å². The Bertz CT molecular complexity index is 606. The monoisotopic (exact) mass is 282 g/mol. The van der Waals surface area contributed by atoms with Gasteiger partial charge in [0.1, 0.15) is 19.0 Å². The molecule has 2 rings (SSSR count). The average molecular weight is 282 g/mol. The number of benzene rings is 2. The van der Waals surface area contributed by atoms with E-state index in [1.165, 1.54) is 6.26 Å². The molecule has 0 bridgehead atoms. The second kappa shape index (κ2) is 7.85. The van der Waals surface area contributed by atoms with Crippen molar-refractivity contribution in [2.24, 2.45) is 10.2 Å². The Morgan fingerprint density at radius 1 is 1.00 bits per heavy atom. The molecular weight excluding hydrogens is 264 g/mol. The number of azo groups is 1. The number of nitrogens with zero attached hydrogens (tertiary/aromatic N) is 2. The maximum absolute atomic E-state index is 5.50. The summed E-state index contributed by atoms with van der Waals surface area (Å²) < 4.78 is 10.5. The second-order valence-electron chi connectivity index (χ2n) is 4.37. The van der Waals surface area contributed by atoms with Gasteiger partial charge in [0.15, 0.2) is 0 Å². The molecule has 0 saturated carbocycles. The summed E-state index contributed by atoms with van der Waals surface area (Å²) in [5.74, 6) is 0.775. The molecule has 0 aliphatic rings. The van der Waals surface area contributed by atoms with Crippen LogP contribution in [0.15, 0.2) is 71.6 Å². The first-order chi connectivity index (χ1) is 10.3. The van der Waals surface area contributed by atoms with Crippen LogP contribution in [0.3, 0.4) is 0 Å². The molecule has 0 unspecified atom stereocenters. The van der Waals surface area contributed by atoms with Gasteiger partial charge in [-0.3, -0.25) is 0 Å². The zero-order valence-corrected chi connectivity index (χ0v) is 12.0. The zero-order chi connectivity index (χ0) is 14.9. The molecule has 108 valence electrons. The summed E-state index contributed by atoms with van der Waals surface area (Å²) in [5.41, 5.74) is 2.76. The summed E-state index contributed by atoms with van der Waals surface area (Å²) in [7, 11) is 0. The van der Waals surface area contributed by atoms with Gasteiger partial charge in [0.05, 0.1) is 17.6 Å². The highest BCUT2D eigenvalue weighted by Crippen LogP contribution is 2.23. The van der Waals surface area contributed by atoms with Gasteiger partial charge in [-0.25, -0.2) is 0 Å². The van der Waals surface area contributed by atoms with Crippen molar-refractivity contribution in [2.75, 3.05) is 13.2 Å². The highest BCUT2D eigenvalue weighted by Gasteiger charge is 1.96. The fourth-order valence-corrected chi connectivity index (χ4v) is 1.69. The summed E-state index contributed by atoms with van der Waals surface area (Å²) in [6, 6.07) is 15.3. The van der Waals surface area contributed by atoms with Crippen molar-refractivity contribution in [3.8, 4) is 5.75 Å². The molecule has 0 aromatic heterocycles. The van der Waals surface area contributed by atoms with Crippen LogP contribution in [-0.2, 0) is 4.74 Å². The standard InChI is InChI=1S/C17H18N2O2/c1-3-20-12-13-21-16-10-8-15(9-11-16)18-19-17-7-5-4-6-14(17)2/h3-11H,1,12-13H2,2H3. The number of ether oxygens (including phenoxy) is 2. The Hall–Kier alpha value is -2.62. The third-order valence-corrected chi connectivity index (χ3v) is 2.81. The van der Waals surface area contributed by atoms with Crippen LogP contribution in [0, 0.1) is 6.92 Å². The van der Waals surface area contributed by atoms with Crippen LogP contribution >= 0.6 is 0 Å². The number of hydrogen-bond donors (Lipinski definition) is 0. The Morgan fingerprint density at radius 3 is 2.48 bits per heavy atom. The summed E-state index contributed by atoms with van der Waals surface area (Å²) in [5, 5.41) is 8.46. The van der Waals surface area contributed by atoms with E-state index in [9.17, 15) is 0 Å². The molecule has 0 fully saturated rings. The number of rotatable bonds is 7. The van der Waals surface area contributed by atoms with E-state index in [4.69, 9.17) is 9.47 Å². The quantitative estimate of drug-likeness (QED) is 0.409. The lowest BCUT2D eigenvalue weighted by molar-refractivity contribution is 0.179. The van der Waals surface area contributed by atoms with Gasteiger partial charge in [-0.15, -0.1) is 0 Å². The normalized spacial score (nSPS) is 10.5. The minimum atomic E-state index is 0.482. The van der Waals surface area contributed by atoms with Crippen LogP contribution in [0.1, 0.15) is 5.56 Å². The Kier molecular flexibility index (Phi) is 5.52. The third kappa shape index (κ3) is 4.76. The van der Waals surface area contributed by atoms with Crippen molar-refractivity contribution in [3.63, 3.8) is 0 Å².